The first kappa shape index (κ1) is 15.4. The number of aromatic nitrogens is 2. The van der Waals surface area contributed by atoms with Gasteiger partial charge in [-0.3, -0.25) is 4.90 Å². The van der Waals surface area contributed by atoms with Crippen molar-refractivity contribution in [2.45, 2.75) is 13.8 Å². The zero-order valence-corrected chi connectivity index (χ0v) is 12.6. The topological polar surface area (TPSA) is 69.6 Å². The average molecular weight is 290 g/mol. The molecule has 6 heteroatoms. The fourth-order valence-corrected chi connectivity index (χ4v) is 2.39. The zero-order valence-electron chi connectivity index (χ0n) is 12.6. The van der Waals surface area contributed by atoms with Gasteiger partial charge in [-0.2, -0.15) is 0 Å². The van der Waals surface area contributed by atoms with Crippen molar-refractivity contribution in [3.8, 4) is 0 Å². The number of anilines is 1. The molecule has 2 heterocycles. The van der Waals surface area contributed by atoms with E-state index < -0.39 is 5.97 Å². The molecule has 0 spiro atoms. The van der Waals surface area contributed by atoms with Gasteiger partial charge in [0.2, 0.25) is 5.95 Å². The maximum atomic E-state index is 10.5. The molecule has 1 aliphatic heterocycles. The number of carbonyl (C=O) groups is 1. The highest BCUT2D eigenvalue weighted by Crippen LogP contribution is 2.12. The highest BCUT2D eigenvalue weighted by molar-refractivity contribution is 5.85. The quantitative estimate of drug-likeness (QED) is 0.826. The van der Waals surface area contributed by atoms with E-state index in [0.717, 1.165) is 38.8 Å². The van der Waals surface area contributed by atoms with E-state index >= 15 is 0 Å². The maximum Gasteiger partial charge on any atom is 0.328 e. The third-order valence-electron chi connectivity index (χ3n) is 3.36. The van der Waals surface area contributed by atoms with Gasteiger partial charge in [0.05, 0.1) is 0 Å². The van der Waals surface area contributed by atoms with Crippen LogP contribution in [0.3, 0.4) is 0 Å². The van der Waals surface area contributed by atoms with Crippen LogP contribution >= 0.6 is 0 Å². The summed E-state index contributed by atoms with van der Waals surface area (Å²) in [4.78, 5) is 23.7. The van der Waals surface area contributed by atoms with Gasteiger partial charge in [0, 0.05) is 56.8 Å². The van der Waals surface area contributed by atoms with Crippen LogP contribution in [0.25, 0.3) is 6.08 Å². The Morgan fingerprint density at radius 2 is 1.90 bits per heavy atom. The van der Waals surface area contributed by atoms with Gasteiger partial charge in [-0.05, 0) is 12.0 Å². The number of carboxylic acid groups (broad SMARTS) is 1. The van der Waals surface area contributed by atoms with E-state index in [2.05, 4.69) is 33.6 Å². The minimum atomic E-state index is -0.972. The molecule has 2 rings (SSSR count). The zero-order chi connectivity index (χ0) is 15.2. The van der Waals surface area contributed by atoms with Crippen LogP contribution in [-0.2, 0) is 4.79 Å². The van der Waals surface area contributed by atoms with Crippen LogP contribution in [0, 0.1) is 5.92 Å². The Morgan fingerprint density at radius 3 is 2.43 bits per heavy atom. The van der Waals surface area contributed by atoms with Crippen LogP contribution in [0.2, 0.25) is 0 Å². The van der Waals surface area contributed by atoms with Crippen molar-refractivity contribution >= 4 is 18.0 Å². The van der Waals surface area contributed by atoms with Crippen LogP contribution in [0.5, 0.6) is 0 Å². The molecule has 1 N–H and O–H groups in total. The summed E-state index contributed by atoms with van der Waals surface area (Å²) in [7, 11) is 0. The van der Waals surface area contributed by atoms with Crippen molar-refractivity contribution in [3.63, 3.8) is 0 Å². The first-order valence-electron chi connectivity index (χ1n) is 7.25. The van der Waals surface area contributed by atoms with Gasteiger partial charge < -0.3 is 10.0 Å². The molecule has 0 saturated carbocycles. The fourth-order valence-electron chi connectivity index (χ4n) is 2.39. The van der Waals surface area contributed by atoms with E-state index in [4.69, 9.17) is 5.11 Å². The monoisotopic (exact) mass is 290 g/mol. The van der Waals surface area contributed by atoms with Crippen LogP contribution in [0.1, 0.15) is 19.4 Å². The summed E-state index contributed by atoms with van der Waals surface area (Å²) in [6.07, 6.45) is 5.89. The fraction of sp³-hybridized carbons (Fsp3) is 0.533. The summed E-state index contributed by atoms with van der Waals surface area (Å²) in [6.45, 7) is 9.52. The molecule has 1 aliphatic rings. The Kier molecular flexibility index (Phi) is 5.27. The lowest BCUT2D eigenvalue weighted by molar-refractivity contribution is -0.131. The minimum Gasteiger partial charge on any atom is -0.478 e. The molecule has 1 fully saturated rings. The standard InChI is InChI=1S/C15H22N4O2/c1-12(2)11-18-5-7-19(8-6-18)15-16-9-13(10-17-15)3-4-14(20)21/h3-4,9-10,12H,5-8,11H2,1-2H3,(H,20,21)/b4-3+. The molecule has 1 aromatic heterocycles. The van der Waals surface area contributed by atoms with Crippen LogP contribution in [0.4, 0.5) is 5.95 Å². The first-order chi connectivity index (χ1) is 10.0. The second-order valence-corrected chi connectivity index (χ2v) is 5.67. The van der Waals surface area contributed by atoms with Crippen molar-refractivity contribution in [3.05, 3.63) is 24.0 Å². The van der Waals surface area contributed by atoms with E-state index in [1.54, 1.807) is 12.4 Å². The average Bonchev–Trinajstić information content (AvgIpc) is 2.46. The van der Waals surface area contributed by atoms with Crippen LogP contribution in [-0.4, -0.2) is 58.7 Å². The number of nitrogens with zero attached hydrogens (tertiary/aromatic N) is 4. The predicted molar refractivity (Wildman–Crippen MR) is 82.2 cm³/mol. The number of hydrogen-bond acceptors (Lipinski definition) is 5. The molecule has 0 bridgehead atoms. The predicted octanol–water partition coefficient (Wildman–Crippen LogP) is 1.35. The van der Waals surface area contributed by atoms with E-state index in [9.17, 15) is 4.79 Å². The normalized spacial score (nSPS) is 16.8. The Labute approximate surface area is 125 Å². The van der Waals surface area contributed by atoms with Gasteiger partial charge in [-0.25, -0.2) is 14.8 Å². The molecule has 1 saturated heterocycles. The molecular formula is C15H22N4O2. The second-order valence-electron chi connectivity index (χ2n) is 5.67. The highest BCUT2D eigenvalue weighted by atomic mass is 16.4. The summed E-state index contributed by atoms with van der Waals surface area (Å²) >= 11 is 0. The smallest absolute Gasteiger partial charge is 0.328 e. The summed E-state index contributed by atoms with van der Waals surface area (Å²) in [5.41, 5.74) is 0.694. The van der Waals surface area contributed by atoms with Gasteiger partial charge in [-0.1, -0.05) is 13.8 Å². The third kappa shape index (κ3) is 4.82. The molecule has 114 valence electrons. The Balaban J connectivity index is 1.90. The molecule has 0 aliphatic carbocycles. The molecular weight excluding hydrogens is 268 g/mol. The van der Waals surface area contributed by atoms with E-state index in [0.29, 0.717) is 17.4 Å². The molecule has 1 aromatic rings. The maximum absolute atomic E-state index is 10.5. The molecule has 21 heavy (non-hydrogen) atoms. The Morgan fingerprint density at radius 1 is 1.29 bits per heavy atom. The second kappa shape index (κ2) is 7.17. The largest absolute Gasteiger partial charge is 0.478 e. The molecule has 0 unspecified atom stereocenters. The molecule has 0 aromatic carbocycles. The van der Waals surface area contributed by atoms with Crippen molar-refractivity contribution < 1.29 is 9.90 Å². The summed E-state index contributed by atoms with van der Waals surface area (Å²) < 4.78 is 0. The summed E-state index contributed by atoms with van der Waals surface area (Å²) in [6, 6.07) is 0. The van der Waals surface area contributed by atoms with Gasteiger partial charge in [0.1, 0.15) is 0 Å². The third-order valence-corrected chi connectivity index (χ3v) is 3.36. The summed E-state index contributed by atoms with van der Waals surface area (Å²) in [5.74, 6) is 0.431. The first-order valence-corrected chi connectivity index (χ1v) is 7.25. The summed E-state index contributed by atoms with van der Waals surface area (Å²) in [5, 5.41) is 8.58. The van der Waals surface area contributed by atoms with Crippen molar-refractivity contribution in [2.75, 3.05) is 37.6 Å². The lowest BCUT2D eigenvalue weighted by Crippen LogP contribution is -2.47. The van der Waals surface area contributed by atoms with Crippen molar-refractivity contribution in [1.82, 2.24) is 14.9 Å². The number of piperazine rings is 1. The molecule has 0 amide bonds. The van der Waals surface area contributed by atoms with E-state index in [1.807, 2.05) is 0 Å². The van der Waals surface area contributed by atoms with Gasteiger partial charge in [0.25, 0.3) is 0 Å². The number of carboxylic acids is 1. The molecule has 0 atom stereocenters. The lowest BCUT2D eigenvalue weighted by Gasteiger charge is -2.35. The number of rotatable bonds is 5. The highest BCUT2D eigenvalue weighted by Gasteiger charge is 2.19. The number of aliphatic carboxylic acids is 1. The van der Waals surface area contributed by atoms with Crippen LogP contribution < -0.4 is 4.90 Å². The SMILES string of the molecule is CC(C)CN1CCN(c2ncc(/C=C/C(=O)O)cn2)CC1. The van der Waals surface area contributed by atoms with Crippen molar-refractivity contribution in [2.24, 2.45) is 5.92 Å². The van der Waals surface area contributed by atoms with Gasteiger partial charge in [0.15, 0.2) is 0 Å². The molecule has 0 radical (unpaired) electrons. The van der Waals surface area contributed by atoms with Gasteiger partial charge >= 0.3 is 5.97 Å². The van der Waals surface area contributed by atoms with Crippen molar-refractivity contribution in [1.29, 1.82) is 0 Å². The van der Waals surface area contributed by atoms with E-state index in [-0.39, 0.29) is 0 Å². The Bertz CT molecular complexity index is 491. The Hall–Kier alpha value is -1.95. The van der Waals surface area contributed by atoms with Gasteiger partial charge in [-0.15, -0.1) is 0 Å². The van der Waals surface area contributed by atoms with E-state index in [1.165, 1.54) is 6.08 Å². The lowest BCUT2D eigenvalue weighted by atomic mass is 10.2. The number of hydrogen-bond donors (Lipinski definition) is 1. The minimum absolute atomic E-state index is 0.688. The molecule has 6 nitrogen and oxygen atoms in total. The van der Waals surface area contributed by atoms with Crippen LogP contribution in [0.15, 0.2) is 18.5 Å².